The van der Waals surface area contributed by atoms with E-state index in [1.165, 1.54) is 82.7 Å². The molecule has 0 saturated carbocycles. The van der Waals surface area contributed by atoms with Crippen LogP contribution in [0, 0.1) is 0 Å². The molecule has 12 rings (SSSR count). The molecule has 3 nitrogen and oxygen atoms in total. The molecular formula is C51H38N2O. The van der Waals surface area contributed by atoms with Gasteiger partial charge >= 0.3 is 0 Å². The molecule has 258 valence electrons. The van der Waals surface area contributed by atoms with Crippen LogP contribution < -0.4 is 4.74 Å². The van der Waals surface area contributed by atoms with Crippen LogP contribution in [0.1, 0.15) is 43.4 Å². The highest BCUT2D eigenvalue weighted by Crippen LogP contribution is 2.60. The number of ether oxygens (including phenoxy) is 1. The van der Waals surface area contributed by atoms with E-state index in [1.54, 1.807) is 0 Å². The maximum atomic E-state index is 6.84. The Balaban J connectivity index is 0.00000168. The Bertz CT molecular complexity index is 2990. The summed E-state index contributed by atoms with van der Waals surface area (Å²) >= 11 is 0. The summed E-state index contributed by atoms with van der Waals surface area (Å²) in [7, 11) is 0. The van der Waals surface area contributed by atoms with Gasteiger partial charge in [-0.25, -0.2) is 0 Å². The molecule has 0 N–H and O–H groups in total. The Labute approximate surface area is 314 Å². The maximum absolute atomic E-state index is 6.84. The van der Waals surface area contributed by atoms with Crippen LogP contribution in [0.15, 0.2) is 181 Å². The SMILES string of the molecule is C1=CC2=C(CC1)C1(c3cc(-c4ccc(-n5c6ccccc6c6ccccc65)cc4)ccc3O2)c2ccccc2-n2c3ccccc3c3cccc1c32.CC. The van der Waals surface area contributed by atoms with Gasteiger partial charge in [0.1, 0.15) is 11.5 Å². The first-order chi connectivity index (χ1) is 26.8. The largest absolute Gasteiger partial charge is 0.457 e. The van der Waals surface area contributed by atoms with E-state index in [1.807, 2.05) is 13.8 Å². The molecule has 1 atom stereocenters. The summed E-state index contributed by atoms with van der Waals surface area (Å²) in [6, 6.07) is 58.2. The number of allylic oxidation sites excluding steroid dienone is 3. The van der Waals surface area contributed by atoms with Crippen LogP contribution in [0.25, 0.3) is 66.1 Å². The number of hydrogen-bond acceptors (Lipinski definition) is 1. The average molecular weight is 695 g/mol. The number of para-hydroxylation sites is 5. The fraction of sp³-hybridized carbons (Fsp3) is 0.0980. The summed E-state index contributed by atoms with van der Waals surface area (Å²) in [6.45, 7) is 4.00. The molecule has 3 aliphatic rings. The third-order valence-electron chi connectivity index (χ3n) is 11.9. The van der Waals surface area contributed by atoms with Crippen LogP contribution in [-0.4, -0.2) is 9.13 Å². The molecule has 2 aromatic heterocycles. The molecule has 0 fully saturated rings. The van der Waals surface area contributed by atoms with Crippen molar-refractivity contribution in [2.75, 3.05) is 0 Å². The van der Waals surface area contributed by atoms with Gasteiger partial charge in [0.15, 0.2) is 0 Å². The molecular weight excluding hydrogens is 657 g/mol. The van der Waals surface area contributed by atoms with Gasteiger partial charge in [-0.3, -0.25) is 0 Å². The normalized spacial score (nSPS) is 16.6. The molecule has 0 saturated heterocycles. The van der Waals surface area contributed by atoms with E-state index in [2.05, 4.69) is 179 Å². The molecule has 1 spiro atoms. The fourth-order valence-electron chi connectivity index (χ4n) is 9.80. The van der Waals surface area contributed by atoms with Crippen molar-refractivity contribution >= 4 is 43.6 Å². The van der Waals surface area contributed by atoms with Crippen LogP contribution in [-0.2, 0) is 5.41 Å². The summed E-state index contributed by atoms with van der Waals surface area (Å²) in [5.41, 5.74) is 14.4. The van der Waals surface area contributed by atoms with E-state index in [0.29, 0.717) is 0 Å². The van der Waals surface area contributed by atoms with Crippen molar-refractivity contribution in [1.82, 2.24) is 9.13 Å². The van der Waals surface area contributed by atoms with Crippen molar-refractivity contribution in [2.45, 2.75) is 32.1 Å². The van der Waals surface area contributed by atoms with Gasteiger partial charge in [0.2, 0.25) is 0 Å². The number of aromatic nitrogens is 2. The summed E-state index contributed by atoms with van der Waals surface area (Å²) in [5, 5.41) is 5.12. The number of rotatable bonds is 2. The predicted molar refractivity (Wildman–Crippen MR) is 224 cm³/mol. The maximum Gasteiger partial charge on any atom is 0.132 e. The second-order valence-corrected chi connectivity index (χ2v) is 14.3. The van der Waals surface area contributed by atoms with E-state index in [4.69, 9.17) is 4.74 Å². The quantitative estimate of drug-likeness (QED) is 0.176. The monoisotopic (exact) mass is 694 g/mol. The van der Waals surface area contributed by atoms with Gasteiger partial charge in [0, 0.05) is 32.8 Å². The Hall–Kier alpha value is -6.58. The minimum Gasteiger partial charge on any atom is -0.457 e. The van der Waals surface area contributed by atoms with Crippen LogP contribution in [0.3, 0.4) is 0 Å². The first-order valence-corrected chi connectivity index (χ1v) is 19.2. The number of hydrogen-bond donors (Lipinski definition) is 0. The van der Waals surface area contributed by atoms with Crippen molar-refractivity contribution in [2.24, 2.45) is 0 Å². The molecule has 9 aromatic rings. The number of nitrogens with zero attached hydrogens (tertiary/aromatic N) is 2. The molecule has 2 aliphatic heterocycles. The van der Waals surface area contributed by atoms with Gasteiger partial charge in [-0.2, -0.15) is 0 Å². The van der Waals surface area contributed by atoms with Gasteiger partial charge in [-0.05, 0) is 95.3 Å². The minimum absolute atomic E-state index is 0.507. The highest BCUT2D eigenvalue weighted by Gasteiger charge is 2.51. The number of fused-ring (bicyclic) bond motifs is 13. The van der Waals surface area contributed by atoms with Gasteiger partial charge < -0.3 is 13.9 Å². The zero-order chi connectivity index (χ0) is 36.0. The molecule has 1 unspecified atom stereocenters. The highest BCUT2D eigenvalue weighted by molar-refractivity contribution is 6.12. The second-order valence-electron chi connectivity index (χ2n) is 14.3. The minimum atomic E-state index is -0.507. The lowest BCUT2D eigenvalue weighted by Crippen LogP contribution is -2.40. The van der Waals surface area contributed by atoms with E-state index in [9.17, 15) is 0 Å². The lowest BCUT2D eigenvalue weighted by molar-refractivity contribution is 0.386. The van der Waals surface area contributed by atoms with Gasteiger partial charge in [-0.15, -0.1) is 0 Å². The Morgan fingerprint density at radius 3 is 1.85 bits per heavy atom. The van der Waals surface area contributed by atoms with Gasteiger partial charge in [-0.1, -0.05) is 129 Å². The average Bonchev–Trinajstić information content (AvgIpc) is 3.77. The fourth-order valence-corrected chi connectivity index (χ4v) is 9.80. The van der Waals surface area contributed by atoms with Crippen molar-refractivity contribution < 1.29 is 4.74 Å². The molecule has 0 bridgehead atoms. The molecule has 3 heteroatoms. The zero-order valence-electron chi connectivity index (χ0n) is 30.4. The van der Waals surface area contributed by atoms with Crippen molar-refractivity contribution in [3.05, 3.63) is 198 Å². The molecule has 7 aromatic carbocycles. The van der Waals surface area contributed by atoms with Gasteiger partial charge in [0.25, 0.3) is 0 Å². The lowest BCUT2D eigenvalue weighted by Gasteiger charge is -2.47. The Morgan fingerprint density at radius 1 is 0.519 bits per heavy atom. The van der Waals surface area contributed by atoms with E-state index < -0.39 is 5.41 Å². The first-order valence-electron chi connectivity index (χ1n) is 19.2. The molecule has 54 heavy (non-hydrogen) atoms. The lowest BCUT2D eigenvalue weighted by atomic mass is 9.59. The first kappa shape index (κ1) is 31.0. The third kappa shape index (κ3) is 4.01. The summed E-state index contributed by atoms with van der Waals surface area (Å²) < 4.78 is 11.7. The summed E-state index contributed by atoms with van der Waals surface area (Å²) in [6.07, 6.45) is 6.40. The van der Waals surface area contributed by atoms with E-state index >= 15 is 0 Å². The summed E-state index contributed by atoms with van der Waals surface area (Å²) in [4.78, 5) is 0. The van der Waals surface area contributed by atoms with Crippen LogP contribution in [0.5, 0.6) is 5.75 Å². The Kier molecular flexibility index (Phi) is 6.72. The molecule has 0 radical (unpaired) electrons. The highest BCUT2D eigenvalue weighted by atomic mass is 16.5. The molecule has 1 aliphatic carbocycles. The molecule has 0 amide bonds. The second kappa shape index (κ2) is 11.7. The van der Waals surface area contributed by atoms with Crippen LogP contribution >= 0.6 is 0 Å². The third-order valence-corrected chi connectivity index (χ3v) is 11.9. The topological polar surface area (TPSA) is 19.1 Å². The standard InChI is InChI=1S/C49H32N2O.C2H6/c1-6-19-42-34(12-1)35-13-2-7-20-43(35)50(42)33-27-24-31(25-28-33)32-26-29-47-41(30-32)49(39-17-5-10-23-46(39)52-47)38-16-4-9-22-45(38)51-44-21-8-3-14-36(44)37-15-11-18-40(49)48(37)51;1-2/h1-4,6-16,18-30H,5,17H2;1-2H3. The van der Waals surface area contributed by atoms with E-state index in [-0.39, 0.29) is 0 Å². The zero-order valence-corrected chi connectivity index (χ0v) is 30.4. The number of benzene rings is 7. The van der Waals surface area contributed by atoms with Crippen LogP contribution in [0.2, 0.25) is 0 Å². The van der Waals surface area contributed by atoms with Gasteiger partial charge in [0.05, 0.1) is 33.2 Å². The Morgan fingerprint density at radius 2 is 1.11 bits per heavy atom. The van der Waals surface area contributed by atoms with Crippen molar-refractivity contribution in [1.29, 1.82) is 0 Å². The summed E-state index contributed by atoms with van der Waals surface area (Å²) in [5.74, 6) is 1.91. The van der Waals surface area contributed by atoms with Crippen LogP contribution in [0.4, 0.5) is 0 Å². The molecule has 4 heterocycles. The predicted octanol–water partition coefficient (Wildman–Crippen LogP) is 13.2. The smallest absolute Gasteiger partial charge is 0.132 e. The van der Waals surface area contributed by atoms with Crippen molar-refractivity contribution in [3.63, 3.8) is 0 Å². The van der Waals surface area contributed by atoms with E-state index in [0.717, 1.165) is 30.0 Å². The van der Waals surface area contributed by atoms with Crippen molar-refractivity contribution in [3.8, 4) is 28.3 Å².